The van der Waals surface area contributed by atoms with Gasteiger partial charge < -0.3 is 25.7 Å². The Morgan fingerprint density at radius 2 is 2.00 bits per heavy atom. The topological polar surface area (TPSA) is 109 Å². The molecule has 3 aromatic rings. The van der Waals surface area contributed by atoms with Gasteiger partial charge in [-0.05, 0) is 31.0 Å². The van der Waals surface area contributed by atoms with Gasteiger partial charge in [0.05, 0.1) is 24.1 Å². The summed E-state index contributed by atoms with van der Waals surface area (Å²) in [6.07, 6.45) is 3.12. The second-order valence-electron chi connectivity index (χ2n) is 7.99. The van der Waals surface area contributed by atoms with E-state index in [0.717, 1.165) is 18.7 Å². The molecule has 1 unspecified atom stereocenters. The second-order valence-corrected chi connectivity index (χ2v) is 7.99. The average Bonchev–Trinajstić information content (AvgIpc) is 3.00. The van der Waals surface area contributed by atoms with Gasteiger partial charge in [-0.15, -0.1) is 0 Å². The number of fused-ring (bicyclic) bond motifs is 1. The zero-order valence-corrected chi connectivity index (χ0v) is 17.1. The summed E-state index contributed by atoms with van der Waals surface area (Å²) in [6.45, 7) is 7.28. The van der Waals surface area contributed by atoms with Crippen molar-refractivity contribution in [1.29, 1.82) is 0 Å². The standard InChI is InChI=1S/C21H25FN6O2/c1-11(2)18(19-12(3)16-6-13(22)4-5-17(16)30-19)27-21(29)26-15-7-24-20(25-8-15)28-9-14(23)10-28/h4-8,11,14,18H,9-10,23H2,1-3H3,(H2,26,27,29). The fourth-order valence-corrected chi connectivity index (χ4v) is 3.58. The molecule has 4 rings (SSSR count). The zero-order chi connectivity index (χ0) is 21.4. The Bertz CT molecular complexity index is 1060. The largest absolute Gasteiger partial charge is 0.459 e. The zero-order valence-electron chi connectivity index (χ0n) is 17.1. The predicted molar refractivity (Wildman–Crippen MR) is 113 cm³/mol. The van der Waals surface area contributed by atoms with Gasteiger partial charge >= 0.3 is 6.03 Å². The Hall–Kier alpha value is -3.20. The summed E-state index contributed by atoms with van der Waals surface area (Å²) in [5.74, 6) is 0.928. The van der Waals surface area contributed by atoms with Crippen molar-refractivity contribution in [3.8, 4) is 0 Å². The van der Waals surface area contributed by atoms with Crippen LogP contribution in [0.25, 0.3) is 11.0 Å². The van der Waals surface area contributed by atoms with Crippen LogP contribution >= 0.6 is 0 Å². The number of halogens is 1. The van der Waals surface area contributed by atoms with Crippen LogP contribution in [0.5, 0.6) is 0 Å². The highest BCUT2D eigenvalue weighted by Gasteiger charge is 2.26. The third kappa shape index (κ3) is 3.93. The number of carbonyl (C=O) groups excluding carboxylic acids is 1. The number of amides is 2. The monoisotopic (exact) mass is 412 g/mol. The van der Waals surface area contributed by atoms with E-state index in [4.69, 9.17) is 10.2 Å². The number of nitrogens with one attached hydrogen (secondary N) is 2. The highest BCUT2D eigenvalue weighted by Crippen LogP contribution is 2.33. The molecule has 3 heterocycles. The van der Waals surface area contributed by atoms with E-state index in [1.807, 2.05) is 25.7 Å². The summed E-state index contributed by atoms with van der Waals surface area (Å²) in [5, 5.41) is 6.39. The number of rotatable bonds is 5. The Kier molecular flexibility index (Phi) is 5.29. The van der Waals surface area contributed by atoms with Crippen LogP contribution in [-0.2, 0) is 0 Å². The third-order valence-corrected chi connectivity index (χ3v) is 5.26. The molecule has 30 heavy (non-hydrogen) atoms. The van der Waals surface area contributed by atoms with Crippen LogP contribution in [0.2, 0.25) is 0 Å². The number of benzene rings is 1. The van der Waals surface area contributed by atoms with Gasteiger partial charge in [-0.1, -0.05) is 13.8 Å². The van der Waals surface area contributed by atoms with Crippen LogP contribution in [0.15, 0.2) is 35.0 Å². The maximum atomic E-state index is 13.6. The number of nitrogens with zero attached hydrogens (tertiary/aromatic N) is 3. The molecule has 8 nitrogen and oxygen atoms in total. The van der Waals surface area contributed by atoms with Crippen LogP contribution in [0.1, 0.15) is 31.2 Å². The van der Waals surface area contributed by atoms with Gasteiger partial charge in [-0.25, -0.2) is 19.2 Å². The minimum absolute atomic E-state index is 0.0501. The molecule has 1 aromatic carbocycles. The lowest BCUT2D eigenvalue weighted by Crippen LogP contribution is -2.56. The van der Waals surface area contributed by atoms with Gasteiger partial charge in [0.15, 0.2) is 0 Å². The number of furan rings is 1. The molecule has 9 heteroatoms. The molecular weight excluding hydrogens is 387 g/mol. The van der Waals surface area contributed by atoms with Crippen molar-refractivity contribution < 1.29 is 13.6 Å². The first kappa shape index (κ1) is 20.1. The quantitative estimate of drug-likeness (QED) is 0.593. The molecule has 2 aromatic heterocycles. The molecule has 2 amide bonds. The van der Waals surface area contributed by atoms with Crippen molar-refractivity contribution in [3.63, 3.8) is 0 Å². The van der Waals surface area contributed by atoms with Gasteiger partial charge in [0, 0.05) is 30.1 Å². The molecule has 0 radical (unpaired) electrons. The number of urea groups is 1. The summed E-state index contributed by atoms with van der Waals surface area (Å²) in [6, 6.07) is 3.77. The van der Waals surface area contributed by atoms with Crippen molar-refractivity contribution in [2.24, 2.45) is 11.7 Å². The number of nitrogens with two attached hydrogens (primary N) is 1. The molecular formula is C21H25FN6O2. The van der Waals surface area contributed by atoms with Crippen molar-refractivity contribution in [2.75, 3.05) is 23.3 Å². The summed E-state index contributed by atoms with van der Waals surface area (Å²) in [7, 11) is 0. The first-order chi connectivity index (χ1) is 14.3. The lowest BCUT2D eigenvalue weighted by molar-refractivity contribution is 0.241. The van der Waals surface area contributed by atoms with E-state index in [2.05, 4.69) is 20.6 Å². The third-order valence-electron chi connectivity index (χ3n) is 5.26. The van der Waals surface area contributed by atoms with Gasteiger partial charge in [0.2, 0.25) is 5.95 Å². The van der Waals surface area contributed by atoms with Crippen LogP contribution < -0.4 is 21.3 Å². The SMILES string of the molecule is Cc1c(C(NC(=O)Nc2cnc(N3CC(N)C3)nc2)C(C)C)oc2ccc(F)cc12. The maximum absolute atomic E-state index is 13.6. The minimum atomic E-state index is -0.401. The summed E-state index contributed by atoms with van der Waals surface area (Å²) in [5.41, 5.74) is 7.65. The molecule has 4 N–H and O–H groups in total. The van der Waals surface area contributed by atoms with E-state index in [-0.39, 0.29) is 23.8 Å². The van der Waals surface area contributed by atoms with Gasteiger partial charge in [0.1, 0.15) is 17.2 Å². The fourth-order valence-electron chi connectivity index (χ4n) is 3.58. The smallest absolute Gasteiger partial charge is 0.319 e. The lowest BCUT2D eigenvalue weighted by Gasteiger charge is -2.36. The molecule has 0 aliphatic carbocycles. The molecule has 0 bridgehead atoms. The van der Waals surface area contributed by atoms with E-state index < -0.39 is 6.03 Å². The summed E-state index contributed by atoms with van der Waals surface area (Å²) >= 11 is 0. The number of hydrogen-bond donors (Lipinski definition) is 3. The Morgan fingerprint density at radius 3 is 2.63 bits per heavy atom. The van der Waals surface area contributed by atoms with Crippen LogP contribution in [0.3, 0.4) is 0 Å². The highest BCUT2D eigenvalue weighted by atomic mass is 19.1. The second kappa shape index (κ2) is 7.91. The Balaban J connectivity index is 1.47. The number of anilines is 2. The van der Waals surface area contributed by atoms with E-state index in [0.29, 0.717) is 28.4 Å². The number of aromatic nitrogens is 2. The van der Waals surface area contributed by atoms with Crippen LogP contribution in [0, 0.1) is 18.7 Å². The van der Waals surface area contributed by atoms with Crippen LogP contribution in [0.4, 0.5) is 20.8 Å². The van der Waals surface area contributed by atoms with Crippen molar-refractivity contribution in [1.82, 2.24) is 15.3 Å². The molecule has 158 valence electrons. The van der Waals surface area contributed by atoms with Crippen LogP contribution in [-0.4, -0.2) is 35.1 Å². The molecule has 0 saturated carbocycles. The normalized spacial score (nSPS) is 15.3. The summed E-state index contributed by atoms with van der Waals surface area (Å²) < 4.78 is 19.6. The van der Waals surface area contributed by atoms with E-state index in [1.54, 1.807) is 18.5 Å². The average molecular weight is 412 g/mol. The predicted octanol–water partition coefficient (Wildman–Crippen LogP) is 3.34. The fraction of sp³-hybridized carbons (Fsp3) is 0.381. The Morgan fingerprint density at radius 1 is 1.30 bits per heavy atom. The first-order valence-electron chi connectivity index (χ1n) is 9.90. The van der Waals surface area contributed by atoms with E-state index in [9.17, 15) is 9.18 Å². The summed E-state index contributed by atoms with van der Waals surface area (Å²) in [4.78, 5) is 23.1. The van der Waals surface area contributed by atoms with Crippen molar-refractivity contribution in [3.05, 3.63) is 47.7 Å². The van der Waals surface area contributed by atoms with Crippen molar-refractivity contribution in [2.45, 2.75) is 32.9 Å². The molecule has 0 spiro atoms. The molecule has 1 atom stereocenters. The minimum Gasteiger partial charge on any atom is -0.459 e. The molecule has 1 aliphatic rings. The number of aryl methyl sites for hydroxylation is 1. The number of hydrogen-bond acceptors (Lipinski definition) is 6. The van der Waals surface area contributed by atoms with Gasteiger partial charge in [-0.2, -0.15) is 0 Å². The van der Waals surface area contributed by atoms with E-state index in [1.165, 1.54) is 12.1 Å². The van der Waals surface area contributed by atoms with Gasteiger partial charge in [0.25, 0.3) is 0 Å². The van der Waals surface area contributed by atoms with Crippen molar-refractivity contribution >= 4 is 28.6 Å². The molecule has 1 saturated heterocycles. The first-order valence-corrected chi connectivity index (χ1v) is 9.90. The molecule has 1 fully saturated rings. The van der Waals surface area contributed by atoms with Gasteiger partial charge in [-0.3, -0.25) is 0 Å². The highest BCUT2D eigenvalue weighted by molar-refractivity contribution is 5.89. The molecule has 1 aliphatic heterocycles. The Labute approximate surface area is 173 Å². The number of carbonyl (C=O) groups is 1. The maximum Gasteiger partial charge on any atom is 0.319 e. The lowest BCUT2D eigenvalue weighted by atomic mass is 9.98. The van der Waals surface area contributed by atoms with E-state index >= 15 is 0 Å².